The Morgan fingerprint density at radius 1 is 1.23 bits per heavy atom. The van der Waals surface area contributed by atoms with Crippen molar-refractivity contribution in [1.29, 1.82) is 0 Å². The Bertz CT molecular complexity index is 664. The Kier molecular flexibility index (Phi) is 11.1. The van der Waals surface area contributed by atoms with E-state index in [4.69, 9.17) is 4.99 Å². The number of aliphatic imine (C=N–C) groups is 2. The maximum Gasteiger partial charge on any atom is 0.113 e. The van der Waals surface area contributed by atoms with Gasteiger partial charge in [0.1, 0.15) is 5.84 Å². The minimum Gasteiger partial charge on any atom is -0.317 e. The lowest BCUT2D eigenvalue weighted by molar-refractivity contribution is 0.0746. The number of amidine groups is 1. The number of nitrogens with one attached hydrogen (secondary N) is 1. The van der Waals surface area contributed by atoms with Crippen LogP contribution in [-0.2, 0) is 13.0 Å². The van der Waals surface area contributed by atoms with Crippen LogP contribution < -0.4 is 5.32 Å². The number of rotatable bonds is 13. The van der Waals surface area contributed by atoms with Crippen LogP contribution in [0.15, 0.2) is 28.2 Å². The van der Waals surface area contributed by atoms with Gasteiger partial charge in [-0.25, -0.2) is 5.01 Å². The summed E-state index contributed by atoms with van der Waals surface area (Å²) in [5.41, 5.74) is 4.12. The second-order valence-electron chi connectivity index (χ2n) is 8.36. The Morgan fingerprint density at radius 2 is 2.00 bits per heavy atom. The molecule has 5 nitrogen and oxygen atoms in total. The third kappa shape index (κ3) is 7.51. The van der Waals surface area contributed by atoms with Gasteiger partial charge in [-0.05, 0) is 68.6 Å². The smallest absolute Gasteiger partial charge is 0.113 e. The first-order valence-electron chi connectivity index (χ1n) is 11.9. The fourth-order valence-corrected chi connectivity index (χ4v) is 4.20. The average molecular weight is 414 g/mol. The van der Waals surface area contributed by atoms with E-state index in [0.29, 0.717) is 5.92 Å². The van der Waals surface area contributed by atoms with E-state index in [0.717, 1.165) is 58.7 Å². The molecule has 168 valence electrons. The number of hydrogen-bond acceptors (Lipinski definition) is 4. The fraction of sp³-hybridized carbons (Fsp3) is 0.680. The summed E-state index contributed by atoms with van der Waals surface area (Å²) in [5.74, 6) is 1.87. The van der Waals surface area contributed by atoms with Crippen LogP contribution in [-0.4, -0.2) is 61.8 Å². The van der Waals surface area contributed by atoms with Crippen molar-refractivity contribution in [2.24, 2.45) is 15.9 Å². The molecule has 30 heavy (non-hydrogen) atoms. The van der Waals surface area contributed by atoms with Crippen molar-refractivity contribution < 1.29 is 0 Å². The summed E-state index contributed by atoms with van der Waals surface area (Å²) in [4.78, 5) is 9.12. The van der Waals surface area contributed by atoms with Gasteiger partial charge < -0.3 is 5.32 Å². The molecule has 1 unspecified atom stereocenters. The largest absolute Gasteiger partial charge is 0.317 e. The van der Waals surface area contributed by atoms with E-state index < -0.39 is 0 Å². The van der Waals surface area contributed by atoms with Crippen LogP contribution in [0.3, 0.4) is 0 Å². The molecule has 1 aliphatic rings. The Labute approximate surface area is 184 Å². The van der Waals surface area contributed by atoms with E-state index >= 15 is 0 Å². The normalized spacial score (nSPS) is 16.1. The topological polar surface area (TPSA) is 43.2 Å². The first kappa shape index (κ1) is 24.5. The molecule has 0 bridgehead atoms. The van der Waals surface area contributed by atoms with Crippen LogP contribution >= 0.6 is 0 Å². The molecule has 2 rings (SSSR count). The average Bonchev–Trinajstić information content (AvgIpc) is 3.29. The molecule has 0 aromatic heterocycles. The molecule has 1 atom stereocenters. The second kappa shape index (κ2) is 13.6. The maximum atomic E-state index is 5.05. The van der Waals surface area contributed by atoms with E-state index in [-0.39, 0.29) is 0 Å². The highest BCUT2D eigenvalue weighted by molar-refractivity contribution is 5.81. The van der Waals surface area contributed by atoms with Crippen molar-refractivity contribution >= 4 is 12.6 Å². The highest BCUT2D eigenvalue weighted by Gasteiger charge is 2.21. The van der Waals surface area contributed by atoms with Gasteiger partial charge in [0.2, 0.25) is 0 Å². The molecular formula is C25H43N5. The van der Waals surface area contributed by atoms with Crippen molar-refractivity contribution in [2.45, 2.75) is 66.3 Å². The van der Waals surface area contributed by atoms with E-state index in [1.54, 1.807) is 0 Å². The summed E-state index contributed by atoms with van der Waals surface area (Å²) in [6.07, 6.45) is 5.83. The minimum atomic E-state index is 0.701. The first-order chi connectivity index (χ1) is 14.6. The lowest BCUT2D eigenvalue weighted by Gasteiger charge is -2.34. The van der Waals surface area contributed by atoms with Crippen molar-refractivity contribution in [1.82, 2.24) is 15.3 Å². The molecule has 1 saturated heterocycles. The molecule has 0 spiro atoms. The highest BCUT2D eigenvalue weighted by atomic mass is 15.6. The molecule has 1 aromatic carbocycles. The summed E-state index contributed by atoms with van der Waals surface area (Å²) >= 11 is 0. The van der Waals surface area contributed by atoms with E-state index in [1.807, 2.05) is 0 Å². The maximum absolute atomic E-state index is 5.05. The predicted molar refractivity (Wildman–Crippen MR) is 131 cm³/mol. The zero-order valence-electron chi connectivity index (χ0n) is 19.8. The number of hydrazine groups is 1. The van der Waals surface area contributed by atoms with Crippen molar-refractivity contribution in [2.75, 3.05) is 39.3 Å². The molecule has 1 aliphatic heterocycles. The fourth-order valence-electron chi connectivity index (χ4n) is 4.20. The lowest BCUT2D eigenvalue weighted by atomic mass is 9.94. The third-order valence-corrected chi connectivity index (χ3v) is 6.13. The summed E-state index contributed by atoms with van der Waals surface area (Å²) in [7, 11) is 0. The summed E-state index contributed by atoms with van der Waals surface area (Å²) in [6, 6.07) is 6.95. The summed E-state index contributed by atoms with van der Waals surface area (Å²) in [6.45, 7) is 19.3. The zero-order valence-corrected chi connectivity index (χ0v) is 19.8. The van der Waals surface area contributed by atoms with Gasteiger partial charge in [0.05, 0.1) is 19.6 Å². The van der Waals surface area contributed by atoms with Crippen LogP contribution in [0, 0.1) is 12.8 Å². The Morgan fingerprint density at radius 3 is 2.60 bits per heavy atom. The predicted octanol–water partition coefficient (Wildman–Crippen LogP) is 4.50. The van der Waals surface area contributed by atoms with Crippen LogP contribution in [0.4, 0.5) is 0 Å². The van der Waals surface area contributed by atoms with Crippen molar-refractivity contribution in [3.8, 4) is 0 Å². The second-order valence-corrected chi connectivity index (χ2v) is 8.36. The minimum absolute atomic E-state index is 0.701. The van der Waals surface area contributed by atoms with Gasteiger partial charge in [-0.1, -0.05) is 45.4 Å². The van der Waals surface area contributed by atoms with Gasteiger partial charge in [-0.2, -0.15) is 0 Å². The number of hydrogen-bond donors (Lipinski definition) is 1. The Hall–Kier alpha value is -1.72. The molecule has 1 aromatic rings. The zero-order chi connectivity index (χ0) is 21.8. The molecule has 5 heteroatoms. The van der Waals surface area contributed by atoms with Gasteiger partial charge in [0, 0.05) is 19.5 Å². The quantitative estimate of drug-likeness (QED) is 0.383. The molecular weight excluding hydrogens is 370 g/mol. The SMILES string of the molecule is C=NCCN(C(CC)=NCc1ccc(CC(CC)CNCC)cc1C)N1CCCC1. The molecule has 0 aliphatic carbocycles. The monoisotopic (exact) mass is 413 g/mol. The number of aryl methyl sites for hydroxylation is 1. The van der Waals surface area contributed by atoms with Crippen LogP contribution in [0.1, 0.15) is 63.1 Å². The Balaban J connectivity index is 2.07. The summed E-state index contributed by atoms with van der Waals surface area (Å²) < 4.78 is 0. The van der Waals surface area contributed by atoms with Crippen molar-refractivity contribution in [3.05, 3.63) is 34.9 Å². The molecule has 1 fully saturated rings. The van der Waals surface area contributed by atoms with E-state index in [9.17, 15) is 0 Å². The van der Waals surface area contributed by atoms with Crippen LogP contribution in [0.5, 0.6) is 0 Å². The molecule has 0 amide bonds. The third-order valence-electron chi connectivity index (χ3n) is 6.13. The van der Waals surface area contributed by atoms with Gasteiger partial charge in [0.25, 0.3) is 0 Å². The first-order valence-corrected chi connectivity index (χ1v) is 11.9. The highest BCUT2D eigenvalue weighted by Crippen LogP contribution is 2.18. The van der Waals surface area contributed by atoms with Gasteiger partial charge in [-0.15, -0.1) is 0 Å². The van der Waals surface area contributed by atoms with E-state index in [1.165, 1.54) is 41.8 Å². The van der Waals surface area contributed by atoms with Crippen LogP contribution in [0.2, 0.25) is 0 Å². The van der Waals surface area contributed by atoms with Gasteiger partial charge in [-0.3, -0.25) is 15.0 Å². The molecule has 1 heterocycles. The number of nitrogens with zero attached hydrogens (tertiary/aromatic N) is 4. The van der Waals surface area contributed by atoms with Crippen molar-refractivity contribution in [3.63, 3.8) is 0 Å². The van der Waals surface area contributed by atoms with Gasteiger partial charge >= 0.3 is 0 Å². The van der Waals surface area contributed by atoms with Crippen LogP contribution in [0.25, 0.3) is 0 Å². The van der Waals surface area contributed by atoms with Gasteiger partial charge in [0.15, 0.2) is 0 Å². The van der Waals surface area contributed by atoms with E-state index in [2.05, 4.69) is 72.9 Å². The standard InChI is InChI=1S/C25H43N5/c1-6-22(19-27-8-3)18-23-11-12-24(21(4)17-23)20-28-25(7-2)30(16-13-26-5)29-14-9-10-15-29/h11-12,17,22,27H,5-10,13-16,18-20H2,1-4H3. The molecule has 1 N–H and O–H groups in total. The summed E-state index contributed by atoms with van der Waals surface area (Å²) in [5, 5.41) is 8.30. The molecule has 0 saturated carbocycles. The number of benzene rings is 1. The molecule has 0 radical (unpaired) electrons. The lowest BCUT2D eigenvalue weighted by Crippen LogP contribution is -2.46.